The molecule has 2 aromatic rings. The van der Waals surface area contributed by atoms with Gasteiger partial charge in [0.2, 0.25) is 5.91 Å². The lowest BCUT2D eigenvalue weighted by molar-refractivity contribution is -0.136. The van der Waals surface area contributed by atoms with E-state index in [-0.39, 0.29) is 36.5 Å². The fourth-order valence-electron chi connectivity index (χ4n) is 2.47. The van der Waals surface area contributed by atoms with Gasteiger partial charge in [0, 0.05) is 18.4 Å². The number of carbonyl (C=O) groups is 3. The summed E-state index contributed by atoms with van der Waals surface area (Å²) in [5, 5.41) is 21.1. The number of phenolic OH excluding ortho intramolecular Hbond substituents is 1. The number of ketones is 1. The van der Waals surface area contributed by atoms with Crippen LogP contribution >= 0.6 is 0 Å². The second-order valence-corrected chi connectivity index (χ2v) is 6.19. The van der Waals surface area contributed by atoms with Gasteiger partial charge in [-0.3, -0.25) is 14.4 Å². The van der Waals surface area contributed by atoms with Crippen LogP contribution in [0.25, 0.3) is 0 Å². The minimum Gasteiger partial charge on any atom is -0.506 e. The number of carbonyl (C=O) groups excluding carboxylic acids is 2. The molecular weight excluding hydrogens is 334 g/mol. The van der Waals surface area contributed by atoms with Crippen LogP contribution in [0.2, 0.25) is 0 Å². The van der Waals surface area contributed by atoms with E-state index in [0.29, 0.717) is 11.1 Å². The topological polar surface area (TPSA) is 104 Å². The summed E-state index contributed by atoms with van der Waals surface area (Å²) >= 11 is 0. The Kier molecular flexibility index (Phi) is 6.11. The van der Waals surface area contributed by atoms with Gasteiger partial charge in [-0.1, -0.05) is 18.2 Å². The van der Waals surface area contributed by atoms with Crippen molar-refractivity contribution in [3.8, 4) is 5.75 Å². The van der Waals surface area contributed by atoms with E-state index < -0.39 is 11.9 Å². The van der Waals surface area contributed by atoms with Gasteiger partial charge in [-0.2, -0.15) is 0 Å². The Bertz CT molecular complexity index is 857. The highest BCUT2D eigenvalue weighted by atomic mass is 16.4. The zero-order valence-electron chi connectivity index (χ0n) is 14.7. The second-order valence-electron chi connectivity index (χ2n) is 6.19. The molecule has 0 radical (unpaired) electrons. The lowest BCUT2D eigenvalue weighted by Crippen LogP contribution is -2.14. The van der Waals surface area contributed by atoms with Crippen molar-refractivity contribution in [3.63, 3.8) is 0 Å². The molecule has 0 bridgehead atoms. The number of phenols is 1. The van der Waals surface area contributed by atoms with E-state index in [1.54, 1.807) is 12.1 Å². The van der Waals surface area contributed by atoms with Crippen LogP contribution in [-0.2, 0) is 16.0 Å². The largest absolute Gasteiger partial charge is 0.506 e. The van der Waals surface area contributed by atoms with Crippen LogP contribution in [0.1, 0.15) is 39.9 Å². The first-order valence-corrected chi connectivity index (χ1v) is 8.20. The number of Topliss-reactive ketones (excluding diaryl/α,β-unsaturated/α-hetero) is 1. The maximum atomic E-state index is 12.2. The Labute approximate surface area is 151 Å². The molecule has 0 saturated carbocycles. The van der Waals surface area contributed by atoms with Crippen molar-refractivity contribution in [2.24, 2.45) is 0 Å². The minimum absolute atomic E-state index is 0.0334. The number of hydrogen-bond acceptors (Lipinski definition) is 4. The van der Waals surface area contributed by atoms with Crippen LogP contribution in [-0.4, -0.2) is 27.9 Å². The molecule has 0 heterocycles. The first-order valence-electron chi connectivity index (χ1n) is 8.20. The molecule has 6 heteroatoms. The molecule has 0 aliphatic heterocycles. The molecule has 1 amide bonds. The summed E-state index contributed by atoms with van der Waals surface area (Å²) in [6.07, 6.45) is -0.202. The standard InChI is InChI=1S/C20H21NO5/c1-12-3-5-15(9-13(12)2)17(22)7-8-19(24)21-16-10-14(11-20(25)26)4-6-18(16)23/h3-6,9-10,23H,7-8,11H2,1-2H3,(H,21,24)(H,25,26). The monoisotopic (exact) mass is 355 g/mol. The van der Waals surface area contributed by atoms with Gasteiger partial charge >= 0.3 is 5.97 Å². The average Bonchev–Trinajstić information content (AvgIpc) is 2.57. The Morgan fingerprint density at radius 1 is 0.962 bits per heavy atom. The Hall–Kier alpha value is -3.15. The maximum absolute atomic E-state index is 12.2. The Balaban J connectivity index is 1.97. The van der Waals surface area contributed by atoms with Crippen molar-refractivity contribution in [1.82, 2.24) is 0 Å². The molecular formula is C20H21NO5. The number of amides is 1. The predicted octanol–water partition coefficient (Wildman–Crippen LogP) is 3.24. The van der Waals surface area contributed by atoms with Gasteiger partial charge in [-0.05, 0) is 48.7 Å². The number of aromatic hydroxyl groups is 1. The number of nitrogens with one attached hydrogen (secondary N) is 1. The second kappa shape index (κ2) is 8.29. The fraction of sp³-hybridized carbons (Fsp3) is 0.250. The number of anilines is 1. The summed E-state index contributed by atoms with van der Waals surface area (Å²) in [7, 11) is 0. The van der Waals surface area contributed by atoms with Crippen molar-refractivity contribution >= 4 is 23.3 Å². The Morgan fingerprint density at radius 2 is 1.69 bits per heavy atom. The number of carboxylic acids is 1. The molecule has 3 N–H and O–H groups in total. The summed E-state index contributed by atoms with van der Waals surface area (Å²) in [5.41, 5.74) is 3.26. The molecule has 0 aliphatic rings. The quantitative estimate of drug-likeness (QED) is 0.522. The lowest BCUT2D eigenvalue weighted by atomic mass is 10.0. The molecule has 0 spiro atoms. The van der Waals surface area contributed by atoms with Gasteiger partial charge in [-0.25, -0.2) is 0 Å². The normalized spacial score (nSPS) is 10.4. The molecule has 0 aliphatic carbocycles. The molecule has 2 aromatic carbocycles. The zero-order chi connectivity index (χ0) is 19.3. The molecule has 26 heavy (non-hydrogen) atoms. The van der Waals surface area contributed by atoms with E-state index in [2.05, 4.69) is 5.32 Å². The Morgan fingerprint density at radius 3 is 2.35 bits per heavy atom. The smallest absolute Gasteiger partial charge is 0.307 e. The van der Waals surface area contributed by atoms with Crippen molar-refractivity contribution in [2.75, 3.05) is 5.32 Å². The highest BCUT2D eigenvalue weighted by molar-refractivity contribution is 6.00. The van der Waals surface area contributed by atoms with Gasteiger partial charge in [0.05, 0.1) is 12.1 Å². The molecule has 6 nitrogen and oxygen atoms in total. The summed E-state index contributed by atoms with van der Waals surface area (Å²) in [5.74, 6) is -1.73. The van der Waals surface area contributed by atoms with E-state index in [1.165, 1.54) is 18.2 Å². The summed E-state index contributed by atoms with van der Waals surface area (Å²) in [6, 6.07) is 9.62. The average molecular weight is 355 g/mol. The first kappa shape index (κ1) is 19.2. The SMILES string of the molecule is Cc1ccc(C(=O)CCC(=O)Nc2cc(CC(=O)O)ccc2O)cc1C. The van der Waals surface area contributed by atoms with Crippen LogP contribution in [0, 0.1) is 13.8 Å². The highest BCUT2D eigenvalue weighted by Crippen LogP contribution is 2.25. The zero-order valence-corrected chi connectivity index (χ0v) is 14.7. The van der Waals surface area contributed by atoms with E-state index in [0.717, 1.165) is 11.1 Å². The number of aliphatic carboxylic acids is 1. The number of aryl methyl sites for hydroxylation is 2. The molecule has 0 saturated heterocycles. The van der Waals surface area contributed by atoms with Crippen LogP contribution in [0.4, 0.5) is 5.69 Å². The van der Waals surface area contributed by atoms with Crippen molar-refractivity contribution < 1.29 is 24.6 Å². The molecule has 0 unspecified atom stereocenters. The molecule has 2 rings (SSSR count). The van der Waals surface area contributed by atoms with Crippen molar-refractivity contribution in [2.45, 2.75) is 33.1 Å². The van der Waals surface area contributed by atoms with Crippen LogP contribution in [0.3, 0.4) is 0 Å². The minimum atomic E-state index is -1.01. The fourth-order valence-corrected chi connectivity index (χ4v) is 2.47. The maximum Gasteiger partial charge on any atom is 0.307 e. The number of rotatable bonds is 7. The number of carboxylic acid groups (broad SMARTS) is 1. The predicted molar refractivity (Wildman–Crippen MR) is 97.6 cm³/mol. The van der Waals surface area contributed by atoms with E-state index >= 15 is 0 Å². The third-order valence-corrected chi connectivity index (χ3v) is 4.10. The number of benzene rings is 2. The third kappa shape index (κ3) is 5.17. The summed E-state index contributed by atoms with van der Waals surface area (Å²) in [4.78, 5) is 35.0. The summed E-state index contributed by atoms with van der Waals surface area (Å²) in [6.45, 7) is 3.88. The van der Waals surface area contributed by atoms with Gasteiger partial charge in [0.1, 0.15) is 5.75 Å². The third-order valence-electron chi connectivity index (χ3n) is 4.10. The van der Waals surface area contributed by atoms with E-state index in [9.17, 15) is 19.5 Å². The molecule has 0 atom stereocenters. The lowest BCUT2D eigenvalue weighted by Gasteiger charge is -2.09. The van der Waals surface area contributed by atoms with Crippen LogP contribution in [0.15, 0.2) is 36.4 Å². The van der Waals surface area contributed by atoms with Gasteiger partial charge in [0.15, 0.2) is 5.78 Å². The van der Waals surface area contributed by atoms with Gasteiger partial charge < -0.3 is 15.5 Å². The molecule has 136 valence electrons. The van der Waals surface area contributed by atoms with Gasteiger partial charge in [-0.15, -0.1) is 0 Å². The number of hydrogen-bond donors (Lipinski definition) is 3. The van der Waals surface area contributed by atoms with Crippen molar-refractivity contribution in [1.29, 1.82) is 0 Å². The first-order chi connectivity index (χ1) is 12.3. The highest BCUT2D eigenvalue weighted by Gasteiger charge is 2.13. The van der Waals surface area contributed by atoms with Crippen LogP contribution < -0.4 is 5.32 Å². The summed E-state index contributed by atoms with van der Waals surface area (Å²) < 4.78 is 0. The van der Waals surface area contributed by atoms with E-state index in [4.69, 9.17) is 5.11 Å². The molecule has 0 fully saturated rings. The van der Waals surface area contributed by atoms with Crippen molar-refractivity contribution in [3.05, 3.63) is 58.7 Å². The van der Waals surface area contributed by atoms with Gasteiger partial charge in [0.25, 0.3) is 0 Å². The van der Waals surface area contributed by atoms with Crippen LogP contribution in [0.5, 0.6) is 5.75 Å². The van der Waals surface area contributed by atoms with E-state index in [1.807, 2.05) is 19.9 Å². The molecule has 0 aromatic heterocycles.